The van der Waals surface area contributed by atoms with Gasteiger partial charge in [0, 0.05) is 12.8 Å². The van der Waals surface area contributed by atoms with E-state index in [1.807, 2.05) is 0 Å². The van der Waals surface area contributed by atoms with Crippen LogP contribution in [0.25, 0.3) is 0 Å². The molecule has 0 spiro atoms. The van der Waals surface area contributed by atoms with Crippen molar-refractivity contribution in [2.24, 2.45) is 7.05 Å². The van der Waals surface area contributed by atoms with Crippen LogP contribution in [0.3, 0.4) is 0 Å². The van der Waals surface area contributed by atoms with Crippen molar-refractivity contribution in [3.05, 3.63) is 17.5 Å². The number of rotatable bonds is 6. The number of hydrogen-bond donors (Lipinski definition) is 0. The number of thioether (sulfide) groups is 1. The fourth-order valence-electron chi connectivity index (χ4n) is 1.30. The fourth-order valence-corrected chi connectivity index (χ4v) is 2.23. The summed E-state index contributed by atoms with van der Waals surface area (Å²) in [6.07, 6.45) is 1.48. The minimum atomic E-state index is -0.390. The third-order valence-electron chi connectivity index (χ3n) is 2.24. The highest BCUT2D eigenvalue weighted by atomic mass is 32.2. The zero-order valence-corrected chi connectivity index (χ0v) is 11.5. The molecule has 0 saturated carbocycles. The summed E-state index contributed by atoms with van der Waals surface area (Å²) in [5.74, 6) is 0.0584. The highest BCUT2D eigenvalue weighted by molar-refractivity contribution is 7.99. The molecule has 0 atom stereocenters. The van der Waals surface area contributed by atoms with Crippen molar-refractivity contribution in [2.75, 3.05) is 19.5 Å². The molecular weight excluding hydrogens is 256 g/mol. The van der Waals surface area contributed by atoms with Crippen molar-refractivity contribution in [1.29, 1.82) is 0 Å². The molecule has 0 radical (unpaired) electrons. The quantitative estimate of drug-likeness (QED) is 0.720. The van der Waals surface area contributed by atoms with E-state index in [1.165, 1.54) is 25.1 Å². The number of nitrogens with zero attached hydrogens (tertiary/aromatic N) is 2. The topological polar surface area (TPSA) is 70.4 Å². The van der Waals surface area contributed by atoms with Gasteiger partial charge in [-0.15, -0.1) is 11.8 Å². The molecular formula is C11H16N2O4S. The Morgan fingerprint density at radius 2 is 2.22 bits per heavy atom. The van der Waals surface area contributed by atoms with Crippen molar-refractivity contribution in [2.45, 2.75) is 12.7 Å². The van der Waals surface area contributed by atoms with Crippen molar-refractivity contribution in [3.8, 4) is 0 Å². The second kappa shape index (κ2) is 7.05. The Morgan fingerprint density at radius 1 is 1.50 bits per heavy atom. The lowest BCUT2D eigenvalue weighted by atomic mass is 10.3. The van der Waals surface area contributed by atoms with Gasteiger partial charge in [0.25, 0.3) is 0 Å². The third-order valence-corrected chi connectivity index (χ3v) is 3.16. The van der Waals surface area contributed by atoms with Crippen molar-refractivity contribution in [3.63, 3.8) is 0 Å². The molecule has 0 fully saturated rings. The summed E-state index contributed by atoms with van der Waals surface area (Å²) in [5.41, 5.74) is 1.18. The number of aryl methyl sites for hydroxylation is 1. The zero-order valence-electron chi connectivity index (χ0n) is 10.6. The molecule has 1 aromatic rings. The van der Waals surface area contributed by atoms with Crippen LogP contribution in [0.5, 0.6) is 0 Å². The molecule has 0 N–H and O–H groups in total. The number of hydrogen-bond acceptors (Lipinski definition) is 6. The van der Waals surface area contributed by atoms with Gasteiger partial charge in [0.15, 0.2) is 0 Å². The fraction of sp³-hybridized carbons (Fsp3) is 0.545. The standard InChI is InChI=1S/C11H16N2O4S/c1-4-17-11(15)8-5-12-13(2)9(8)6-18-7-10(14)16-3/h5H,4,6-7H2,1-3H3. The highest BCUT2D eigenvalue weighted by Crippen LogP contribution is 2.17. The molecule has 0 aromatic carbocycles. The molecule has 0 aliphatic rings. The molecule has 0 bridgehead atoms. The number of carbonyl (C=O) groups excluding carboxylic acids is 2. The Hall–Kier alpha value is -1.50. The van der Waals surface area contributed by atoms with Gasteiger partial charge in [-0.3, -0.25) is 9.48 Å². The second-order valence-corrected chi connectivity index (χ2v) is 4.40. The van der Waals surface area contributed by atoms with Gasteiger partial charge < -0.3 is 9.47 Å². The summed E-state index contributed by atoms with van der Waals surface area (Å²) in [6.45, 7) is 2.07. The van der Waals surface area contributed by atoms with Crippen molar-refractivity contribution < 1.29 is 19.1 Å². The smallest absolute Gasteiger partial charge is 0.341 e. The third kappa shape index (κ3) is 3.76. The summed E-state index contributed by atoms with van der Waals surface area (Å²) in [7, 11) is 3.09. The molecule has 1 aromatic heterocycles. The van der Waals surface area contributed by atoms with Crippen LogP contribution in [0.4, 0.5) is 0 Å². The van der Waals surface area contributed by atoms with Crippen LogP contribution >= 0.6 is 11.8 Å². The van der Waals surface area contributed by atoms with Gasteiger partial charge in [0.05, 0.1) is 31.4 Å². The van der Waals surface area contributed by atoms with E-state index in [4.69, 9.17) is 4.74 Å². The molecule has 0 amide bonds. The van der Waals surface area contributed by atoms with Gasteiger partial charge in [-0.1, -0.05) is 0 Å². The molecule has 100 valence electrons. The Morgan fingerprint density at radius 3 is 2.83 bits per heavy atom. The summed E-state index contributed by atoms with van der Waals surface area (Å²) >= 11 is 1.36. The lowest BCUT2D eigenvalue weighted by molar-refractivity contribution is -0.137. The first-order chi connectivity index (χ1) is 8.60. The van der Waals surface area contributed by atoms with E-state index in [1.54, 1.807) is 18.7 Å². The first kappa shape index (κ1) is 14.6. The van der Waals surface area contributed by atoms with Crippen molar-refractivity contribution >= 4 is 23.7 Å². The van der Waals surface area contributed by atoms with Gasteiger partial charge in [0.1, 0.15) is 5.56 Å². The molecule has 1 rings (SSSR count). The van der Waals surface area contributed by atoms with Gasteiger partial charge in [0.2, 0.25) is 0 Å². The molecule has 7 heteroatoms. The lowest BCUT2D eigenvalue weighted by Crippen LogP contribution is -2.09. The molecule has 6 nitrogen and oxygen atoms in total. The van der Waals surface area contributed by atoms with E-state index >= 15 is 0 Å². The highest BCUT2D eigenvalue weighted by Gasteiger charge is 2.17. The molecule has 18 heavy (non-hydrogen) atoms. The summed E-state index contributed by atoms with van der Waals surface area (Å²) in [5, 5.41) is 4.02. The maximum Gasteiger partial charge on any atom is 0.341 e. The van der Waals surface area contributed by atoms with E-state index in [0.717, 1.165) is 5.69 Å². The first-order valence-corrected chi connectivity index (χ1v) is 6.58. The van der Waals surface area contributed by atoms with Crippen LogP contribution in [0.1, 0.15) is 23.0 Å². The van der Waals surface area contributed by atoms with Gasteiger partial charge >= 0.3 is 11.9 Å². The lowest BCUT2D eigenvalue weighted by Gasteiger charge is -2.05. The van der Waals surface area contributed by atoms with Crippen LogP contribution in [-0.2, 0) is 27.1 Å². The summed E-state index contributed by atoms with van der Waals surface area (Å²) in [4.78, 5) is 22.6. The van der Waals surface area contributed by atoms with Gasteiger partial charge in [-0.2, -0.15) is 5.10 Å². The zero-order chi connectivity index (χ0) is 13.5. The van der Waals surface area contributed by atoms with Crippen LogP contribution in [0, 0.1) is 0 Å². The molecule has 0 saturated heterocycles. The van der Waals surface area contributed by atoms with E-state index in [0.29, 0.717) is 17.9 Å². The predicted molar refractivity (Wildman–Crippen MR) is 67.3 cm³/mol. The van der Waals surface area contributed by atoms with E-state index in [2.05, 4.69) is 9.84 Å². The van der Waals surface area contributed by atoms with Gasteiger partial charge in [-0.05, 0) is 6.92 Å². The number of carbonyl (C=O) groups is 2. The Balaban J connectivity index is 2.66. The van der Waals surface area contributed by atoms with E-state index in [9.17, 15) is 9.59 Å². The SMILES string of the molecule is CCOC(=O)c1cnn(C)c1CSCC(=O)OC. The summed E-state index contributed by atoms with van der Waals surface area (Å²) < 4.78 is 11.1. The maximum atomic E-state index is 11.7. The number of aromatic nitrogens is 2. The largest absolute Gasteiger partial charge is 0.468 e. The minimum absolute atomic E-state index is 0.240. The average molecular weight is 272 g/mol. The minimum Gasteiger partial charge on any atom is -0.468 e. The Kier molecular flexibility index (Phi) is 5.70. The molecule has 1 heterocycles. The number of esters is 2. The van der Waals surface area contributed by atoms with Crippen LogP contribution in [0.2, 0.25) is 0 Å². The Labute approximate surface area is 110 Å². The van der Waals surface area contributed by atoms with Crippen LogP contribution in [0.15, 0.2) is 6.20 Å². The first-order valence-electron chi connectivity index (χ1n) is 5.42. The number of methoxy groups -OCH3 is 1. The van der Waals surface area contributed by atoms with Crippen LogP contribution < -0.4 is 0 Å². The molecule has 0 aliphatic heterocycles. The maximum absolute atomic E-state index is 11.7. The monoisotopic (exact) mass is 272 g/mol. The van der Waals surface area contributed by atoms with E-state index in [-0.39, 0.29) is 17.7 Å². The average Bonchev–Trinajstić information content (AvgIpc) is 2.71. The van der Waals surface area contributed by atoms with Crippen LogP contribution in [-0.4, -0.2) is 41.2 Å². The molecule has 0 aliphatic carbocycles. The van der Waals surface area contributed by atoms with Gasteiger partial charge in [-0.25, -0.2) is 4.79 Å². The predicted octanol–water partition coefficient (Wildman–Crippen LogP) is 1.00. The molecule has 0 unspecified atom stereocenters. The number of ether oxygens (including phenoxy) is 2. The van der Waals surface area contributed by atoms with Crippen molar-refractivity contribution in [1.82, 2.24) is 9.78 Å². The normalized spacial score (nSPS) is 10.2. The Bertz CT molecular complexity index is 431. The second-order valence-electron chi connectivity index (χ2n) is 3.42. The summed E-state index contributed by atoms with van der Waals surface area (Å²) in [6, 6.07) is 0. The van der Waals surface area contributed by atoms with E-state index < -0.39 is 0 Å².